The molecule has 1 atom stereocenters. The fourth-order valence-corrected chi connectivity index (χ4v) is 3.12. The van der Waals surface area contributed by atoms with Crippen molar-refractivity contribution in [1.82, 2.24) is 4.90 Å². The highest BCUT2D eigenvalue weighted by Crippen LogP contribution is 2.35. The summed E-state index contributed by atoms with van der Waals surface area (Å²) >= 11 is 0. The van der Waals surface area contributed by atoms with E-state index in [0.717, 1.165) is 31.4 Å². The molecular weight excluding hydrogens is 234 g/mol. The average molecular weight is 253 g/mol. The van der Waals surface area contributed by atoms with E-state index in [2.05, 4.69) is 41.3 Å². The third kappa shape index (κ3) is 2.62. The molecule has 2 aliphatic rings. The summed E-state index contributed by atoms with van der Waals surface area (Å²) in [7, 11) is 0. The molecule has 0 N–H and O–H groups in total. The lowest BCUT2D eigenvalue weighted by atomic mass is 9.84. The van der Waals surface area contributed by atoms with E-state index in [0.29, 0.717) is 5.92 Å². The van der Waals surface area contributed by atoms with E-state index in [1.54, 1.807) is 0 Å². The molecule has 1 aromatic carbocycles. The lowest BCUT2D eigenvalue weighted by Gasteiger charge is -2.39. The molecule has 1 fully saturated rings. The molecule has 1 aliphatic carbocycles. The van der Waals surface area contributed by atoms with Crippen LogP contribution < -0.4 is 0 Å². The van der Waals surface area contributed by atoms with Crippen molar-refractivity contribution in [2.24, 2.45) is 5.92 Å². The minimum absolute atomic E-state index is 0.544. The van der Waals surface area contributed by atoms with Crippen molar-refractivity contribution >= 4 is 6.29 Å². The summed E-state index contributed by atoms with van der Waals surface area (Å²) < 4.78 is 0. The highest BCUT2D eigenvalue weighted by molar-refractivity contribution is 5.74. The molecule has 0 radical (unpaired) electrons. The minimum Gasteiger partial charge on any atom is -0.370 e. The van der Waals surface area contributed by atoms with Gasteiger partial charge in [0.1, 0.15) is 6.29 Å². The molecule has 2 heteroatoms. The summed E-state index contributed by atoms with van der Waals surface area (Å²) in [5.41, 5.74) is 3.71. The van der Waals surface area contributed by atoms with E-state index in [9.17, 15) is 4.79 Å². The Balaban J connectivity index is 1.80. The summed E-state index contributed by atoms with van der Waals surface area (Å²) in [6.45, 7) is 2.11. The van der Waals surface area contributed by atoms with Gasteiger partial charge < -0.3 is 4.90 Å². The topological polar surface area (TPSA) is 20.3 Å². The third-order valence-corrected chi connectivity index (χ3v) is 4.08. The van der Waals surface area contributed by atoms with E-state index in [1.165, 1.54) is 24.1 Å². The molecule has 0 spiro atoms. The number of piperidine rings is 1. The molecule has 3 rings (SSSR count). The van der Waals surface area contributed by atoms with Crippen LogP contribution in [0.2, 0.25) is 0 Å². The Morgan fingerprint density at radius 1 is 1.21 bits per heavy atom. The zero-order valence-corrected chi connectivity index (χ0v) is 11.1. The van der Waals surface area contributed by atoms with Crippen molar-refractivity contribution in [3.05, 3.63) is 59.3 Å². The van der Waals surface area contributed by atoms with Gasteiger partial charge in [0.25, 0.3) is 0 Å². The van der Waals surface area contributed by atoms with Crippen LogP contribution in [0.5, 0.6) is 0 Å². The van der Waals surface area contributed by atoms with Gasteiger partial charge >= 0.3 is 0 Å². The van der Waals surface area contributed by atoms with Gasteiger partial charge in [-0.1, -0.05) is 36.4 Å². The van der Waals surface area contributed by atoms with Crippen molar-refractivity contribution < 1.29 is 4.79 Å². The Morgan fingerprint density at radius 3 is 2.84 bits per heavy atom. The highest BCUT2D eigenvalue weighted by Gasteiger charge is 2.27. The maximum absolute atomic E-state index is 10.9. The summed E-state index contributed by atoms with van der Waals surface area (Å²) in [6.07, 6.45) is 8.50. The fourth-order valence-electron chi connectivity index (χ4n) is 3.12. The van der Waals surface area contributed by atoms with E-state index >= 15 is 0 Å². The predicted octanol–water partition coefficient (Wildman–Crippen LogP) is 3.31. The number of fused-ring (bicyclic) bond motifs is 1. The van der Waals surface area contributed by atoms with Gasteiger partial charge in [0.05, 0.1) is 0 Å². The van der Waals surface area contributed by atoms with Crippen LogP contribution in [0, 0.1) is 5.92 Å². The fraction of sp³-hybridized carbons (Fsp3) is 0.353. The maximum atomic E-state index is 10.9. The Hall–Kier alpha value is -1.83. The second kappa shape index (κ2) is 5.43. The monoisotopic (exact) mass is 253 g/mol. The summed E-state index contributed by atoms with van der Waals surface area (Å²) in [5.74, 6) is 0.544. The van der Waals surface area contributed by atoms with Crippen LogP contribution in [0.4, 0.5) is 0 Å². The summed E-state index contributed by atoms with van der Waals surface area (Å²) in [4.78, 5) is 13.4. The average Bonchev–Trinajstić information content (AvgIpc) is 2.48. The second-order valence-electron chi connectivity index (χ2n) is 5.40. The zero-order chi connectivity index (χ0) is 13.1. The summed E-state index contributed by atoms with van der Waals surface area (Å²) in [6, 6.07) is 10.6. The predicted molar refractivity (Wildman–Crippen MR) is 76.4 cm³/mol. The zero-order valence-electron chi connectivity index (χ0n) is 11.1. The van der Waals surface area contributed by atoms with Crippen LogP contribution in [0.15, 0.2) is 53.8 Å². The van der Waals surface area contributed by atoms with Crippen molar-refractivity contribution in [1.29, 1.82) is 0 Å². The number of hydrogen-bond donors (Lipinski definition) is 0. The Morgan fingerprint density at radius 2 is 2.05 bits per heavy atom. The number of nitrogens with zero attached hydrogens (tertiary/aromatic N) is 1. The van der Waals surface area contributed by atoms with Crippen LogP contribution in [0.3, 0.4) is 0 Å². The molecular formula is C17H19NO. The van der Waals surface area contributed by atoms with Crippen LogP contribution in [0.25, 0.3) is 0 Å². The number of carbonyl (C=O) groups is 1. The smallest absolute Gasteiger partial charge is 0.146 e. The van der Waals surface area contributed by atoms with Crippen molar-refractivity contribution in [3.8, 4) is 0 Å². The lowest BCUT2D eigenvalue weighted by molar-refractivity contribution is -0.105. The molecule has 0 aromatic heterocycles. The van der Waals surface area contributed by atoms with Gasteiger partial charge in [-0.2, -0.15) is 0 Å². The molecule has 0 saturated carbocycles. The van der Waals surface area contributed by atoms with Gasteiger partial charge in [-0.05, 0) is 36.5 Å². The molecule has 98 valence electrons. The van der Waals surface area contributed by atoms with Crippen molar-refractivity contribution in [3.63, 3.8) is 0 Å². The first-order chi connectivity index (χ1) is 9.36. The number of likely N-dealkylation sites (tertiary alicyclic amines) is 1. The van der Waals surface area contributed by atoms with Gasteiger partial charge in [-0.25, -0.2) is 0 Å². The molecule has 19 heavy (non-hydrogen) atoms. The Bertz CT molecular complexity index is 515. The molecule has 1 unspecified atom stereocenters. The highest BCUT2D eigenvalue weighted by atomic mass is 16.1. The Labute approximate surface area is 114 Å². The molecule has 0 bridgehead atoms. The molecule has 1 saturated heterocycles. The van der Waals surface area contributed by atoms with Crippen molar-refractivity contribution in [2.75, 3.05) is 6.54 Å². The second-order valence-corrected chi connectivity index (χ2v) is 5.40. The van der Waals surface area contributed by atoms with Crippen LogP contribution in [-0.2, 0) is 11.3 Å². The number of rotatable bonds is 3. The van der Waals surface area contributed by atoms with E-state index < -0.39 is 0 Å². The third-order valence-electron chi connectivity index (χ3n) is 4.08. The van der Waals surface area contributed by atoms with Crippen LogP contribution in [-0.4, -0.2) is 17.7 Å². The van der Waals surface area contributed by atoms with Gasteiger partial charge in [0.2, 0.25) is 0 Å². The quantitative estimate of drug-likeness (QED) is 0.770. The Kier molecular flexibility index (Phi) is 3.49. The number of hydrogen-bond acceptors (Lipinski definition) is 2. The van der Waals surface area contributed by atoms with Gasteiger partial charge in [0, 0.05) is 24.7 Å². The molecule has 1 heterocycles. The standard InChI is InChI=1S/C17H19NO/c19-13-15-8-9-17-16(11-15)7-4-10-18(17)12-14-5-2-1-3-6-14/h1-3,5-6,8-9,13,16H,4,7,10-12H2. The van der Waals surface area contributed by atoms with E-state index in [1.807, 2.05) is 6.08 Å². The molecule has 0 amide bonds. The summed E-state index contributed by atoms with van der Waals surface area (Å²) in [5, 5.41) is 0. The molecule has 1 aromatic rings. The van der Waals surface area contributed by atoms with Crippen molar-refractivity contribution in [2.45, 2.75) is 25.8 Å². The van der Waals surface area contributed by atoms with Gasteiger partial charge in [-0.3, -0.25) is 4.79 Å². The van der Waals surface area contributed by atoms with Gasteiger partial charge in [0.15, 0.2) is 0 Å². The van der Waals surface area contributed by atoms with Crippen LogP contribution in [0.1, 0.15) is 24.8 Å². The number of allylic oxidation sites excluding steroid dienone is 4. The first kappa shape index (κ1) is 12.2. The van der Waals surface area contributed by atoms with Crippen LogP contribution >= 0.6 is 0 Å². The van der Waals surface area contributed by atoms with Gasteiger partial charge in [-0.15, -0.1) is 0 Å². The first-order valence-electron chi connectivity index (χ1n) is 7.01. The normalized spacial score (nSPS) is 22.3. The number of carbonyl (C=O) groups excluding carboxylic acids is 1. The first-order valence-corrected chi connectivity index (χ1v) is 7.01. The lowest BCUT2D eigenvalue weighted by Crippen LogP contribution is -2.34. The number of benzene rings is 1. The minimum atomic E-state index is 0.544. The number of aldehydes is 1. The molecule has 2 nitrogen and oxygen atoms in total. The largest absolute Gasteiger partial charge is 0.370 e. The SMILES string of the molecule is O=CC1=CC=C2C(CCCN2Cc2ccccc2)C1. The molecule has 1 aliphatic heterocycles. The maximum Gasteiger partial charge on any atom is 0.146 e. The van der Waals surface area contributed by atoms with E-state index in [4.69, 9.17) is 0 Å². The van der Waals surface area contributed by atoms with E-state index in [-0.39, 0.29) is 0 Å².